The van der Waals surface area contributed by atoms with Crippen LogP contribution in [0.4, 0.5) is 5.69 Å². The van der Waals surface area contributed by atoms with E-state index in [9.17, 15) is 9.59 Å². The van der Waals surface area contributed by atoms with E-state index in [4.69, 9.17) is 9.15 Å². The van der Waals surface area contributed by atoms with E-state index in [1.165, 1.54) is 4.57 Å². The molecule has 2 aromatic carbocycles. The zero-order valence-electron chi connectivity index (χ0n) is 16.7. The van der Waals surface area contributed by atoms with Gasteiger partial charge in [-0.3, -0.25) is 9.36 Å². The average molecular weight is 427 g/mol. The van der Waals surface area contributed by atoms with E-state index in [2.05, 4.69) is 15.5 Å². The molecule has 158 valence electrons. The van der Waals surface area contributed by atoms with Crippen molar-refractivity contribution in [3.05, 3.63) is 95.7 Å². The Labute approximate surface area is 181 Å². The topological polar surface area (TPSA) is 104 Å². The number of fused-ring (bicyclic) bond motifs is 1. The molecule has 1 amide bonds. The molecule has 3 heterocycles. The van der Waals surface area contributed by atoms with Crippen molar-refractivity contribution in [3.63, 3.8) is 0 Å². The predicted octanol–water partition coefficient (Wildman–Crippen LogP) is 3.61. The summed E-state index contributed by atoms with van der Waals surface area (Å²) in [5, 5.41) is 11.0. The summed E-state index contributed by atoms with van der Waals surface area (Å²) in [6, 6.07) is 21.1. The number of nitrogens with one attached hydrogen (secondary N) is 1. The third-order valence-electron chi connectivity index (χ3n) is 4.73. The van der Waals surface area contributed by atoms with Crippen LogP contribution in [0.2, 0.25) is 0 Å². The molecule has 0 spiro atoms. The van der Waals surface area contributed by atoms with E-state index >= 15 is 0 Å². The molecule has 9 heteroatoms. The lowest BCUT2D eigenvalue weighted by Gasteiger charge is -2.08. The number of rotatable bonds is 6. The molecule has 32 heavy (non-hydrogen) atoms. The summed E-state index contributed by atoms with van der Waals surface area (Å²) in [5.41, 5.74) is 1.58. The summed E-state index contributed by atoms with van der Waals surface area (Å²) in [5.74, 6) is 0.657. The summed E-state index contributed by atoms with van der Waals surface area (Å²) in [6.07, 6.45) is 3.76. The summed E-state index contributed by atoms with van der Waals surface area (Å²) >= 11 is 0. The van der Waals surface area contributed by atoms with Crippen molar-refractivity contribution in [1.82, 2.24) is 19.3 Å². The number of hydrogen-bond donors (Lipinski definition) is 1. The van der Waals surface area contributed by atoms with Crippen LogP contribution in [0.15, 0.2) is 94.4 Å². The smallest absolute Gasteiger partial charge is 0.420 e. The lowest BCUT2D eigenvalue weighted by Crippen LogP contribution is -2.24. The van der Waals surface area contributed by atoms with Crippen molar-refractivity contribution in [1.29, 1.82) is 0 Å². The van der Waals surface area contributed by atoms with Gasteiger partial charge in [0.2, 0.25) is 11.8 Å². The van der Waals surface area contributed by atoms with E-state index in [0.29, 0.717) is 34.2 Å². The molecule has 0 aliphatic rings. The first-order valence-corrected chi connectivity index (χ1v) is 9.79. The number of benzene rings is 2. The molecule has 0 fully saturated rings. The summed E-state index contributed by atoms with van der Waals surface area (Å²) in [7, 11) is 0. The van der Waals surface area contributed by atoms with Crippen LogP contribution in [-0.4, -0.2) is 25.2 Å². The van der Waals surface area contributed by atoms with Crippen molar-refractivity contribution in [3.8, 4) is 17.4 Å². The molecule has 0 unspecified atom stereocenters. The number of hydrogen-bond acceptors (Lipinski definition) is 6. The molecule has 0 saturated carbocycles. The number of aromatic nitrogens is 4. The SMILES string of the molecule is O=C(Cn1c(=O)oc2ccccc21)Nc1ccc(Oc2ccc(-n3cccc3)nn2)cc1. The molecule has 5 aromatic rings. The van der Waals surface area contributed by atoms with Crippen LogP contribution in [0, 0.1) is 0 Å². The van der Waals surface area contributed by atoms with Crippen molar-refractivity contribution in [2.45, 2.75) is 6.54 Å². The van der Waals surface area contributed by atoms with E-state index in [1.54, 1.807) is 60.7 Å². The highest BCUT2D eigenvalue weighted by Crippen LogP contribution is 2.21. The van der Waals surface area contributed by atoms with Gasteiger partial charge in [-0.05, 0) is 54.6 Å². The highest BCUT2D eigenvalue weighted by atomic mass is 16.5. The minimum atomic E-state index is -0.575. The second-order valence-corrected chi connectivity index (χ2v) is 6.92. The second-order valence-electron chi connectivity index (χ2n) is 6.92. The van der Waals surface area contributed by atoms with E-state index in [-0.39, 0.29) is 12.5 Å². The van der Waals surface area contributed by atoms with Gasteiger partial charge in [0.1, 0.15) is 12.3 Å². The highest BCUT2D eigenvalue weighted by Gasteiger charge is 2.12. The second kappa shape index (κ2) is 8.23. The highest BCUT2D eigenvalue weighted by molar-refractivity contribution is 5.91. The van der Waals surface area contributed by atoms with E-state index < -0.39 is 5.76 Å². The van der Waals surface area contributed by atoms with Crippen LogP contribution in [-0.2, 0) is 11.3 Å². The maximum Gasteiger partial charge on any atom is 0.420 e. The maximum atomic E-state index is 12.4. The number of nitrogens with zero attached hydrogens (tertiary/aromatic N) is 4. The number of anilines is 1. The number of amides is 1. The Balaban J connectivity index is 1.22. The Hall–Kier alpha value is -4.66. The number of oxazole rings is 1. The molecule has 3 aromatic heterocycles. The van der Waals surface area contributed by atoms with Crippen LogP contribution in [0.5, 0.6) is 11.6 Å². The minimum Gasteiger partial charge on any atom is -0.438 e. The van der Waals surface area contributed by atoms with Gasteiger partial charge in [-0.25, -0.2) is 4.79 Å². The van der Waals surface area contributed by atoms with Crippen molar-refractivity contribution >= 4 is 22.7 Å². The molecular weight excluding hydrogens is 410 g/mol. The van der Waals surface area contributed by atoms with Gasteiger partial charge in [-0.15, -0.1) is 10.2 Å². The Bertz CT molecular complexity index is 1420. The molecule has 1 N–H and O–H groups in total. The fraction of sp³-hybridized carbons (Fsp3) is 0.0435. The molecule has 0 saturated heterocycles. The Morgan fingerprint density at radius 3 is 2.47 bits per heavy atom. The predicted molar refractivity (Wildman–Crippen MR) is 117 cm³/mol. The molecule has 0 aliphatic heterocycles. The van der Waals surface area contributed by atoms with Crippen LogP contribution >= 0.6 is 0 Å². The molecule has 0 radical (unpaired) electrons. The Kier molecular flexibility index (Phi) is 4.97. The van der Waals surface area contributed by atoms with Gasteiger partial charge in [0.15, 0.2) is 11.4 Å². The molecule has 9 nitrogen and oxygen atoms in total. The molecular formula is C23H17N5O4. The van der Waals surface area contributed by atoms with Crippen molar-refractivity contribution in [2.24, 2.45) is 0 Å². The van der Waals surface area contributed by atoms with E-state index in [1.807, 2.05) is 29.1 Å². The largest absolute Gasteiger partial charge is 0.438 e. The summed E-state index contributed by atoms with van der Waals surface area (Å²) in [6.45, 7) is -0.155. The zero-order valence-corrected chi connectivity index (χ0v) is 16.7. The van der Waals surface area contributed by atoms with Crippen LogP contribution in [0.1, 0.15) is 0 Å². The van der Waals surface area contributed by atoms with Gasteiger partial charge < -0.3 is 19.0 Å². The minimum absolute atomic E-state index is 0.155. The number of carbonyl (C=O) groups is 1. The number of ether oxygens (including phenoxy) is 1. The lowest BCUT2D eigenvalue weighted by atomic mass is 10.3. The van der Waals surface area contributed by atoms with Crippen molar-refractivity contribution < 1.29 is 13.9 Å². The molecule has 5 rings (SSSR count). The molecule has 0 bridgehead atoms. The monoisotopic (exact) mass is 427 g/mol. The van der Waals surface area contributed by atoms with Gasteiger partial charge in [0.05, 0.1) is 5.52 Å². The fourth-order valence-electron chi connectivity index (χ4n) is 3.23. The van der Waals surface area contributed by atoms with Gasteiger partial charge in [-0.2, -0.15) is 0 Å². The van der Waals surface area contributed by atoms with Gasteiger partial charge in [0.25, 0.3) is 0 Å². The van der Waals surface area contributed by atoms with Gasteiger partial charge in [0, 0.05) is 24.1 Å². The third-order valence-corrected chi connectivity index (χ3v) is 4.73. The lowest BCUT2D eigenvalue weighted by molar-refractivity contribution is -0.116. The van der Waals surface area contributed by atoms with Crippen LogP contribution in [0.25, 0.3) is 16.9 Å². The van der Waals surface area contributed by atoms with Crippen LogP contribution in [0.3, 0.4) is 0 Å². The zero-order chi connectivity index (χ0) is 21.9. The fourth-order valence-corrected chi connectivity index (χ4v) is 3.23. The van der Waals surface area contributed by atoms with E-state index in [0.717, 1.165) is 0 Å². The molecule has 0 atom stereocenters. The normalized spacial score (nSPS) is 10.9. The van der Waals surface area contributed by atoms with Gasteiger partial charge in [-0.1, -0.05) is 12.1 Å². The number of carbonyl (C=O) groups excluding carboxylic acids is 1. The van der Waals surface area contributed by atoms with Gasteiger partial charge >= 0.3 is 5.76 Å². The number of para-hydroxylation sites is 2. The first-order chi connectivity index (χ1) is 15.7. The first kappa shape index (κ1) is 19.3. The Morgan fingerprint density at radius 2 is 1.72 bits per heavy atom. The maximum absolute atomic E-state index is 12.4. The summed E-state index contributed by atoms with van der Waals surface area (Å²) in [4.78, 5) is 24.4. The standard InChI is InChI=1S/C23H17N5O4/c29-21(15-28-18-5-1-2-6-19(18)32-23(28)30)24-16-7-9-17(10-8-16)31-22-12-11-20(25-26-22)27-13-3-4-14-27/h1-14H,15H2,(H,24,29). The quantitative estimate of drug-likeness (QED) is 0.444. The Morgan fingerprint density at radius 1 is 0.938 bits per heavy atom. The average Bonchev–Trinajstić information content (AvgIpc) is 3.44. The third kappa shape index (κ3) is 3.99. The van der Waals surface area contributed by atoms with Crippen LogP contribution < -0.4 is 15.8 Å². The first-order valence-electron chi connectivity index (χ1n) is 9.79. The van der Waals surface area contributed by atoms with Crippen molar-refractivity contribution in [2.75, 3.05) is 5.32 Å². The summed E-state index contributed by atoms with van der Waals surface area (Å²) < 4.78 is 14.0. The molecule has 0 aliphatic carbocycles.